The van der Waals surface area contributed by atoms with Gasteiger partial charge in [0.25, 0.3) is 0 Å². The normalized spacial score (nSPS) is 11.3. The number of hydrogen-bond donors (Lipinski definition) is 0. The van der Waals surface area contributed by atoms with Crippen LogP contribution in [0.2, 0.25) is 0 Å². The Morgan fingerprint density at radius 3 is 2.33 bits per heavy atom. The molecule has 0 atom stereocenters. The molecule has 1 aromatic rings. The molecular weight excluding hydrogens is 277 g/mol. The topological polar surface area (TPSA) is 18.5 Å². The summed E-state index contributed by atoms with van der Waals surface area (Å²) in [5, 5.41) is 0. The van der Waals surface area contributed by atoms with Crippen molar-refractivity contribution in [2.24, 2.45) is 0 Å². The maximum Gasteiger partial charge on any atom is 0.422 e. The minimum atomic E-state index is -4.34. The van der Waals surface area contributed by atoms with Crippen LogP contribution in [0, 0.1) is 0 Å². The van der Waals surface area contributed by atoms with Gasteiger partial charge in [-0.2, -0.15) is 13.2 Å². The van der Waals surface area contributed by atoms with Gasteiger partial charge in [0.1, 0.15) is 11.5 Å². The van der Waals surface area contributed by atoms with Crippen LogP contribution in [0.25, 0.3) is 0 Å². The lowest BCUT2D eigenvalue weighted by atomic mass is 10.3. The monoisotopic (exact) mass is 284 g/mol. The molecule has 0 heterocycles. The highest BCUT2D eigenvalue weighted by atomic mass is 79.9. The van der Waals surface area contributed by atoms with Crippen molar-refractivity contribution >= 4 is 15.9 Å². The van der Waals surface area contributed by atoms with Crippen LogP contribution in [0.5, 0.6) is 11.5 Å². The SMILES string of the molecule is COc1cc(Br)cc(OCC(F)(F)F)c1. The van der Waals surface area contributed by atoms with Gasteiger partial charge in [-0.15, -0.1) is 0 Å². The predicted molar refractivity (Wildman–Crippen MR) is 52.2 cm³/mol. The lowest BCUT2D eigenvalue weighted by Gasteiger charge is -2.10. The molecule has 0 radical (unpaired) electrons. The predicted octanol–water partition coefficient (Wildman–Crippen LogP) is 3.40. The Hall–Kier alpha value is -0.910. The molecule has 0 spiro atoms. The zero-order chi connectivity index (χ0) is 11.5. The molecular formula is C9H8BrF3O2. The quantitative estimate of drug-likeness (QED) is 0.847. The van der Waals surface area contributed by atoms with Crippen molar-refractivity contribution in [1.29, 1.82) is 0 Å². The van der Waals surface area contributed by atoms with E-state index in [1.807, 2.05) is 0 Å². The van der Waals surface area contributed by atoms with Gasteiger partial charge in [0.05, 0.1) is 7.11 Å². The number of rotatable bonds is 3. The van der Waals surface area contributed by atoms with Gasteiger partial charge < -0.3 is 9.47 Å². The molecule has 0 unspecified atom stereocenters. The van der Waals surface area contributed by atoms with Crippen molar-refractivity contribution in [3.63, 3.8) is 0 Å². The van der Waals surface area contributed by atoms with E-state index in [1.54, 1.807) is 6.07 Å². The lowest BCUT2D eigenvalue weighted by Crippen LogP contribution is -2.19. The van der Waals surface area contributed by atoms with Crippen molar-refractivity contribution in [1.82, 2.24) is 0 Å². The second-order valence-corrected chi connectivity index (χ2v) is 3.65. The fraction of sp³-hybridized carbons (Fsp3) is 0.333. The molecule has 1 aromatic carbocycles. The summed E-state index contributed by atoms with van der Waals surface area (Å²) < 4.78 is 45.6. The summed E-state index contributed by atoms with van der Waals surface area (Å²) in [5.41, 5.74) is 0. The van der Waals surface area contributed by atoms with Crippen LogP contribution in [-0.2, 0) is 0 Å². The first-order chi connectivity index (χ1) is 6.90. The minimum Gasteiger partial charge on any atom is -0.497 e. The van der Waals surface area contributed by atoms with Crippen molar-refractivity contribution in [3.05, 3.63) is 22.7 Å². The number of ether oxygens (including phenoxy) is 2. The van der Waals surface area contributed by atoms with Gasteiger partial charge in [-0.25, -0.2) is 0 Å². The Bertz CT molecular complexity index is 339. The maximum atomic E-state index is 11.9. The zero-order valence-electron chi connectivity index (χ0n) is 7.77. The van der Waals surface area contributed by atoms with E-state index in [9.17, 15) is 13.2 Å². The number of benzene rings is 1. The molecule has 1 rings (SSSR count). The number of alkyl halides is 3. The number of methoxy groups -OCH3 is 1. The Balaban J connectivity index is 2.73. The molecule has 0 bridgehead atoms. The van der Waals surface area contributed by atoms with Gasteiger partial charge in [0, 0.05) is 10.5 Å². The molecule has 0 amide bonds. The number of halogens is 4. The molecule has 6 heteroatoms. The van der Waals surface area contributed by atoms with Gasteiger partial charge >= 0.3 is 6.18 Å². The summed E-state index contributed by atoms with van der Waals surface area (Å²) in [6, 6.07) is 4.45. The molecule has 0 aliphatic carbocycles. The summed E-state index contributed by atoms with van der Waals surface area (Å²) in [6.07, 6.45) is -4.34. The van der Waals surface area contributed by atoms with Crippen molar-refractivity contribution in [3.8, 4) is 11.5 Å². The number of hydrogen-bond acceptors (Lipinski definition) is 2. The Morgan fingerprint density at radius 1 is 1.20 bits per heavy atom. The first-order valence-corrected chi connectivity index (χ1v) is 4.74. The van der Waals surface area contributed by atoms with Gasteiger partial charge in [-0.3, -0.25) is 0 Å². The van der Waals surface area contributed by atoms with E-state index in [2.05, 4.69) is 20.7 Å². The van der Waals surface area contributed by atoms with Crippen molar-refractivity contribution in [2.45, 2.75) is 6.18 Å². The van der Waals surface area contributed by atoms with Crippen molar-refractivity contribution < 1.29 is 22.6 Å². The second kappa shape index (κ2) is 4.74. The molecule has 0 saturated carbocycles. The van der Waals surface area contributed by atoms with Crippen LogP contribution in [-0.4, -0.2) is 19.9 Å². The molecule has 84 valence electrons. The third kappa shape index (κ3) is 4.42. The van der Waals surface area contributed by atoms with E-state index < -0.39 is 12.8 Å². The summed E-state index contributed by atoms with van der Waals surface area (Å²) in [6.45, 7) is -1.31. The molecule has 0 saturated heterocycles. The van der Waals surface area contributed by atoms with E-state index in [0.29, 0.717) is 10.2 Å². The van der Waals surface area contributed by atoms with Crippen LogP contribution in [0.15, 0.2) is 22.7 Å². The smallest absolute Gasteiger partial charge is 0.422 e. The van der Waals surface area contributed by atoms with Gasteiger partial charge in [-0.05, 0) is 12.1 Å². The highest BCUT2D eigenvalue weighted by molar-refractivity contribution is 9.10. The fourth-order valence-corrected chi connectivity index (χ4v) is 1.35. The summed E-state index contributed by atoms with van der Waals surface area (Å²) >= 11 is 3.13. The first kappa shape index (κ1) is 12.2. The van der Waals surface area contributed by atoms with E-state index in [4.69, 9.17) is 4.74 Å². The van der Waals surface area contributed by atoms with Crippen LogP contribution in [0.3, 0.4) is 0 Å². The third-order valence-electron chi connectivity index (χ3n) is 1.48. The summed E-state index contributed by atoms with van der Waals surface area (Å²) in [4.78, 5) is 0. The molecule has 0 aliphatic rings. The van der Waals surface area contributed by atoms with Gasteiger partial charge in [-0.1, -0.05) is 15.9 Å². The highest BCUT2D eigenvalue weighted by Gasteiger charge is 2.28. The summed E-state index contributed by atoms with van der Waals surface area (Å²) in [5.74, 6) is 0.542. The van der Waals surface area contributed by atoms with Crippen LogP contribution >= 0.6 is 15.9 Å². The highest BCUT2D eigenvalue weighted by Crippen LogP contribution is 2.27. The van der Waals surface area contributed by atoms with E-state index in [0.717, 1.165) is 0 Å². The van der Waals surface area contributed by atoms with Crippen molar-refractivity contribution in [2.75, 3.05) is 13.7 Å². The van der Waals surface area contributed by atoms with Crippen LogP contribution in [0.1, 0.15) is 0 Å². The average Bonchev–Trinajstić information content (AvgIpc) is 2.13. The van der Waals surface area contributed by atoms with Crippen LogP contribution in [0.4, 0.5) is 13.2 Å². The largest absolute Gasteiger partial charge is 0.497 e. The Labute approximate surface area is 93.1 Å². The molecule has 0 fully saturated rings. The Morgan fingerprint density at radius 2 is 1.80 bits per heavy atom. The van der Waals surface area contributed by atoms with Crippen LogP contribution < -0.4 is 9.47 Å². The maximum absolute atomic E-state index is 11.9. The van der Waals surface area contributed by atoms with E-state index >= 15 is 0 Å². The molecule has 0 N–H and O–H groups in total. The average molecular weight is 285 g/mol. The zero-order valence-corrected chi connectivity index (χ0v) is 9.35. The first-order valence-electron chi connectivity index (χ1n) is 3.95. The van der Waals surface area contributed by atoms with Gasteiger partial charge in [0.15, 0.2) is 6.61 Å². The van der Waals surface area contributed by atoms with E-state index in [1.165, 1.54) is 19.2 Å². The molecule has 0 aromatic heterocycles. The summed E-state index contributed by atoms with van der Waals surface area (Å²) in [7, 11) is 1.43. The standard InChI is InChI=1S/C9H8BrF3O2/c1-14-7-2-6(10)3-8(4-7)15-5-9(11,12)13/h2-4H,5H2,1H3. The molecule has 15 heavy (non-hydrogen) atoms. The molecule has 2 nitrogen and oxygen atoms in total. The molecule has 0 aliphatic heterocycles. The van der Waals surface area contributed by atoms with E-state index in [-0.39, 0.29) is 5.75 Å². The Kier molecular flexibility index (Phi) is 3.84. The fourth-order valence-electron chi connectivity index (χ4n) is 0.903. The van der Waals surface area contributed by atoms with Gasteiger partial charge in [0.2, 0.25) is 0 Å². The minimum absolute atomic E-state index is 0.110. The lowest BCUT2D eigenvalue weighted by molar-refractivity contribution is -0.153. The second-order valence-electron chi connectivity index (χ2n) is 2.73. The third-order valence-corrected chi connectivity index (χ3v) is 1.94.